The molecule has 0 saturated carbocycles. The molecule has 0 radical (unpaired) electrons. The first kappa shape index (κ1) is 19.1. The van der Waals surface area contributed by atoms with E-state index in [0.717, 1.165) is 29.8 Å². The van der Waals surface area contributed by atoms with E-state index < -0.39 is 0 Å². The Hall–Kier alpha value is -3.87. The monoisotopic (exact) mass is 414 g/mol. The second-order valence-corrected chi connectivity index (χ2v) is 7.34. The Morgan fingerprint density at radius 3 is 2.77 bits per heavy atom. The van der Waals surface area contributed by atoms with Gasteiger partial charge >= 0.3 is 0 Å². The first-order valence-corrected chi connectivity index (χ1v) is 10.3. The molecular weight excluding hydrogens is 392 g/mol. The van der Waals surface area contributed by atoms with Gasteiger partial charge in [-0.1, -0.05) is 30.3 Å². The van der Waals surface area contributed by atoms with Crippen LogP contribution in [-0.2, 0) is 19.4 Å². The molecule has 5 rings (SSSR count). The Kier molecular flexibility index (Phi) is 5.22. The number of aromatic nitrogens is 3. The third-order valence-electron chi connectivity index (χ3n) is 5.32. The molecule has 1 amide bonds. The predicted molar refractivity (Wildman–Crippen MR) is 116 cm³/mol. The van der Waals surface area contributed by atoms with Crippen molar-refractivity contribution in [3.63, 3.8) is 0 Å². The lowest BCUT2D eigenvalue weighted by atomic mass is 10.1. The predicted octanol–water partition coefficient (Wildman–Crippen LogP) is 3.38. The number of ether oxygens (including phenoxy) is 2. The summed E-state index contributed by atoms with van der Waals surface area (Å²) >= 11 is 0. The summed E-state index contributed by atoms with van der Waals surface area (Å²) in [6.45, 7) is 1.24. The number of fused-ring (bicyclic) bond motifs is 2. The van der Waals surface area contributed by atoms with Gasteiger partial charge in [0.25, 0.3) is 5.91 Å². The number of rotatable bonds is 7. The number of pyridine rings is 1. The normalized spacial score (nSPS) is 12.3. The van der Waals surface area contributed by atoms with Crippen LogP contribution in [0.1, 0.15) is 21.7 Å². The minimum atomic E-state index is -0.151. The van der Waals surface area contributed by atoms with Gasteiger partial charge in [0.15, 0.2) is 17.1 Å². The number of nitrogens with one attached hydrogen (secondary N) is 1. The molecular formula is C24H22N4O3. The van der Waals surface area contributed by atoms with Crippen LogP contribution in [-0.4, -0.2) is 33.8 Å². The molecule has 0 unspecified atom stereocenters. The quantitative estimate of drug-likeness (QED) is 0.502. The second kappa shape index (κ2) is 8.47. The van der Waals surface area contributed by atoms with Gasteiger partial charge in [0, 0.05) is 31.3 Å². The van der Waals surface area contributed by atoms with E-state index in [9.17, 15) is 4.79 Å². The molecule has 1 aliphatic heterocycles. The Morgan fingerprint density at radius 1 is 1.00 bits per heavy atom. The number of nitrogens with zero attached hydrogens (tertiary/aromatic N) is 3. The van der Waals surface area contributed by atoms with Crippen molar-refractivity contribution in [3.05, 3.63) is 83.8 Å². The van der Waals surface area contributed by atoms with Gasteiger partial charge in [-0.05, 0) is 42.3 Å². The van der Waals surface area contributed by atoms with Gasteiger partial charge in [-0.2, -0.15) is 0 Å². The van der Waals surface area contributed by atoms with Crippen LogP contribution in [0.4, 0.5) is 0 Å². The molecule has 1 aliphatic rings. The zero-order valence-corrected chi connectivity index (χ0v) is 17.0. The lowest BCUT2D eigenvalue weighted by molar-refractivity contribution is 0.0952. The highest BCUT2D eigenvalue weighted by Gasteiger charge is 2.17. The number of carbonyl (C=O) groups excluding carboxylic acids is 1. The Balaban J connectivity index is 1.28. The van der Waals surface area contributed by atoms with Gasteiger partial charge in [0.2, 0.25) is 6.79 Å². The Labute approximate surface area is 179 Å². The third kappa shape index (κ3) is 4.07. The van der Waals surface area contributed by atoms with Crippen molar-refractivity contribution in [2.24, 2.45) is 0 Å². The van der Waals surface area contributed by atoms with E-state index in [0.29, 0.717) is 30.2 Å². The van der Waals surface area contributed by atoms with Gasteiger partial charge in [-0.15, -0.1) is 0 Å². The minimum absolute atomic E-state index is 0.151. The van der Waals surface area contributed by atoms with Crippen molar-refractivity contribution in [3.8, 4) is 11.5 Å². The van der Waals surface area contributed by atoms with Gasteiger partial charge < -0.3 is 19.4 Å². The van der Waals surface area contributed by atoms with Crippen LogP contribution in [0, 0.1) is 0 Å². The molecule has 3 heterocycles. The summed E-state index contributed by atoms with van der Waals surface area (Å²) in [5.41, 5.74) is 3.52. The fourth-order valence-electron chi connectivity index (χ4n) is 3.75. The van der Waals surface area contributed by atoms with Crippen molar-refractivity contribution < 1.29 is 14.3 Å². The fraction of sp³-hybridized carbons (Fsp3) is 0.208. The number of benzene rings is 2. The van der Waals surface area contributed by atoms with Gasteiger partial charge in [0.05, 0.1) is 0 Å². The van der Waals surface area contributed by atoms with E-state index >= 15 is 0 Å². The number of amides is 1. The van der Waals surface area contributed by atoms with Crippen LogP contribution < -0.4 is 14.8 Å². The van der Waals surface area contributed by atoms with Crippen LogP contribution in [0.2, 0.25) is 0 Å². The van der Waals surface area contributed by atoms with Gasteiger partial charge in [0.1, 0.15) is 11.3 Å². The minimum Gasteiger partial charge on any atom is -0.454 e. The average Bonchev–Trinajstić information content (AvgIpc) is 3.42. The van der Waals surface area contributed by atoms with Gasteiger partial charge in [-0.3, -0.25) is 4.79 Å². The van der Waals surface area contributed by atoms with Crippen LogP contribution in [0.3, 0.4) is 0 Å². The van der Waals surface area contributed by atoms with Crippen molar-refractivity contribution in [1.82, 2.24) is 19.9 Å². The highest BCUT2D eigenvalue weighted by atomic mass is 16.7. The third-order valence-corrected chi connectivity index (χ3v) is 5.32. The average molecular weight is 414 g/mol. The lowest BCUT2D eigenvalue weighted by Crippen LogP contribution is -2.27. The highest BCUT2D eigenvalue weighted by Crippen LogP contribution is 2.32. The van der Waals surface area contributed by atoms with E-state index in [-0.39, 0.29) is 12.7 Å². The molecule has 0 aliphatic carbocycles. The van der Waals surface area contributed by atoms with Crippen molar-refractivity contribution in [2.75, 3.05) is 13.3 Å². The molecule has 2 aromatic carbocycles. The number of hydrogen-bond acceptors (Lipinski definition) is 5. The number of carbonyl (C=O) groups is 1. The largest absolute Gasteiger partial charge is 0.454 e. The summed E-state index contributed by atoms with van der Waals surface area (Å²) < 4.78 is 12.8. The molecule has 7 heteroatoms. The van der Waals surface area contributed by atoms with E-state index in [4.69, 9.17) is 14.5 Å². The summed E-state index contributed by atoms with van der Waals surface area (Å²) in [6.07, 6.45) is 3.47. The zero-order valence-electron chi connectivity index (χ0n) is 17.0. The molecule has 156 valence electrons. The molecule has 0 saturated heterocycles. The molecule has 0 bridgehead atoms. The van der Waals surface area contributed by atoms with E-state index in [1.165, 1.54) is 5.56 Å². The summed E-state index contributed by atoms with van der Waals surface area (Å²) in [7, 11) is 0. The lowest BCUT2D eigenvalue weighted by Gasteiger charge is -2.10. The van der Waals surface area contributed by atoms with E-state index in [2.05, 4.69) is 27.0 Å². The summed E-state index contributed by atoms with van der Waals surface area (Å²) in [6, 6.07) is 19.4. The number of hydrogen-bond donors (Lipinski definition) is 1. The van der Waals surface area contributed by atoms with Crippen LogP contribution >= 0.6 is 0 Å². The fourth-order valence-corrected chi connectivity index (χ4v) is 3.75. The summed E-state index contributed by atoms with van der Waals surface area (Å²) in [5, 5.41) is 2.98. The first-order valence-electron chi connectivity index (χ1n) is 10.3. The first-order chi connectivity index (χ1) is 15.3. The topological polar surface area (TPSA) is 78.3 Å². The molecule has 1 N–H and O–H groups in total. The molecule has 0 atom stereocenters. The van der Waals surface area contributed by atoms with Crippen LogP contribution in [0.25, 0.3) is 11.2 Å². The molecule has 31 heavy (non-hydrogen) atoms. The summed E-state index contributed by atoms with van der Waals surface area (Å²) in [4.78, 5) is 21.9. The van der Waals surface area contributed by atoms with Crippen LogP contribution in [0.5, 0.6) is 11.5 Å². The smallest absolute Gasteiger partial charge is 0.251 e. The maximum atomic E-state index is 12.6. The highest BCUT2D eigenvalue weighted by molar-refractivity contribution is 5.94. The molecule has 0 spiro atoms. The zero-order chi connectivity index (χ0) is 21.0. The molecule has 2 aromatic heterocycles. The number of aryl methyl sites for hydroxylation is 2. The SMILES string of the molecule is O=C(NCCn1c(CCc2ccccc2)nc2cccnc21)c1ccc2c(c1)OCO2. The standard InChI is InChI=1S/C24H22N4O3/c29-24(18-9-10-20-21(15-18)31-16-30-20)26-13-14-28-22(11-8-17-5-2-1-3-6-17)27-19-7-4-12-25-23(19)28/h1-7,9-10,12,15H,8,11,13-14,16H2,(H,26,29). The maximum absolute atomic E-state index is 12.6. The summed E-state index contributed by atoms with van der Waals surface area (Å²) in [5.74, 6) is 2.08. The van der Waals surface area contributed by atoms with Crippen molar-refractivity contribution in [1.29, 1.82) is 0 Å². The molecule has 0 fully saturated rings. The van der Waals surface area contributed by atoms with Crippen molar-refractivity contribution >= 4 is 17.1 Å². The molecule has 4 aromatic rings. The van der Waals surface area contributed by atoms with E-state index in [1.54, 1.807) is 24.4 Å². The maximum Gasteiger partial charge on any atom is 0.251 e. The van der Waals surface area contributed by atoms with E-state index in [1.807, 2.05) is 30.3 Å². The van der Waals surface area contributed by atoms with Crippen LogP contribution in [0.15, 0.2) is 66.9 Å². The van der Waals surface area contributed by atoms with Crippen molar-refractivity contribution in [2.45, 2.75) is 19.4 Å². The van der Waals surface area contributed by atoms with Gasteiger partial charge in [-0.25, -0.2) is 9.97 Å². The second-order valence-electron chi connectivity index (χ2n) is 7.34. The number of imidazole rings is 1. The Bertz CT molecular complexity index is 1220. The molecule has 7 nitrogen and oxygen atoms in total. The Morgan fingerprint density at radius 2 is 1.87 bits per heavy atom.